The molecular formula is C56H43N. The van der Waals surface area contributed by atoms with Crippen molar-refractivity contribution in [2.75, 3.05) is 4.90 Å². The van der Waals surface area contributed by atoms with Gasteiger partial charge in [-0.15, -0.1) is 0 Å². The Labute approximate surface area is 336 Å². The molecule has 0 amide bonds. The van der Waals surface area contributed by atoms with Crippen molar-refractivity contribution < 1.29 is 0 Å². The zero-order valence-electron chi connectivity index (χ0n) is 32.0. The van der Waals surface area contributed by atoms with Crippen LogP contribution in [0.1, 0.15) is 40.7 Å². The van der Waals surface area contributed by atoms with Crippen molar-refractivity contribution in [3.05, 3.63) is 264 Å². The van der Waals surface area contributed by atoms with E-state index in [4.69, 9.17) is 0 Å². The van der Waals surface area contributed by atoms with E-state index in [1.807, 2.05) is 0 Å². The van der Waals surface area contributed by atoms with Crippen LogP contribution < -0.4 is 4.90 Å². The van der Waals surface area contributed by atoms with Crippen molar-refractivity contribution >= 4 is 11.4 Å². The Morgan fingerprint density at radius 1 is 0.439 bits per heavy atom. The van der Waals surface area contributed by atoms with Gasteiger partial charge in [-0.1, -0.05) is 213 Å². The van der Waals surface area contributed by atoms with Gasteiger partial charge >= 0.3 is 0 Å². The lowest BCUT2D eigenvalue weighted by Gasteiger charge is -2.34. The van der Waals surface area contributed by atoms with Crippen LogP contribution in [-0.2, 0) is 5.41 Å². The number of anilines is 2. The Morgan fingerprint density at radius 2 is 0.965 bits per heavy atom. The number of rotatable bonds is 8. The molecule has 57 heavy (non-hydrogen) atoms. The van der Waals surface area contributed by atoms with Crippen LogP contribution in [0, 0.1) is 5.92 Å². The molecule has 1 heteroatoms. The van der Waals surface area contributed by atoms with Crippen molar-refractivity contribution in [1.82, 2.24) is 0 Å². The largest absolute Gasteiger partial charge is 0.310 e. The minimum absolute atomic E-state index is 0.167. The Hall–Kier alpha value is -6.96. The molecule has 0 saturated heterocycles. The lowest BCUT2D eigenvalue weighted by atomic mass is 9.67. The van der Waals surface area contributed by atoms with Crippen molar-refractivity contribution in [1.29, 1.82) is 0 Å². The van der Waals surface area contributed by atoms with E-state index in [1.54, 1.807) is 0 Å². The molecular weight excluding hydrogens is 687 g/mol. The maximum atomic E-state index is 2.50. The summed E-state index contributed by atoms with van der Waals surface area (Å²) < 4.78 is 0. The van der Waals surface area contributed by atoms with Gasteiger partial charge < -0.3 is 4.90 Å². The van der Waals surface area contributed by atoms with Crippen LogP contribution in [-0.4, -0.2) is 0 Å². The van der Waals surface area contributed by atoms with Gasteiger partial charge in [0.15, 0.2) is 0 Å². The van der Waals surface area contributed by atoms with E-state index < -0.39 is 5.41 Å². The highest BCUT2D eigenvalue weighted by molar-refractivity contribution is 5.88. The molecule has 0 bridgehead atoms. The summed E-state index contributed by atoms with van der Waals surface area (Å²) in [5, 5.41) is 0. The van der Waals surface area contributed by atoms with Crippen molar-refractivity contribution in [2.24, 2.45) is 5.92 Å². The minimum atomic E-state index is -0.407. The molecule has 2 aliphatic carbocycles. The van der Waals surface area contributed by atoms with E-state index >= 15 is 0 Å². The number of nitrogens with zero attached hydrogens (tertiary/aromatic N) is 1. The predicted molar refractivity (Wildman–Crippen MR) is 239 cm³/mol. The minimum Gasteiger partial charge on any atom is -0.310 e. The number of hydrogen-bond donors (Lipinski definition) is 0. The third-order valence-electron chi connectivity index (χ3n) is 12.1. The third kappa shape index (κ3) is 5.95. The van der Waals surface area contributed by atoms with Crippen LogP contribution in [0.25, 0.3) is 33.4 Å². The van der Waals surface area contributed by atoms with E-state index in [1.165, 1.54) is 61.2 Å². The lowest BCUT2D eigenvalue weighted by molar-refractivity contribution is 0.629. The topological polar surface area (TPSA) is 3.24 Å². The number of fused-ring (bicyclic) bond motifs is 3. The van der Waals surface area contributed by atoms with Gasteiger partial charge in [0, 0.05) is 22.9 Å². The summed E-state index contributed by atoms with van der Waals surface area (Å²) in [6.45, 7) is 2.35. The first-order valence-corrected chi connectivity index (χ1v) is 20.1. The second-order valence-corrected chi connectivity index (χ2v) is 15.3. The van der Waals surface area contributed by atoms with E-state index in [0.717, 1.165) is 17.1 Å². The molecule has 0 saturated carbocycles. The molecule has 272 valence electrons. The quantitative estimate of drug-likeness (QED) is 0.151. The zero-order valence-corrected chi connectivity index (χ0v) is 32.0. The summed E-state index contributed by atoms with van der Waals surface area (Å²) in [5.74, 6) is 0.476. The van der Waals surface area contributed by atoms with Gasteiger partial charge in [0.25, 0.3) is 0 Å². The molecule has 10 rings (SSSR count). The number of allylic oxidation sites excluding steroid dienone is 3. The molecule has 0 aromatic heterocycles. The average molecular weight is 730 g/mol. The third-order valence-corrected chi connectivity index (χ3v) is 12.1. The fourth-order valence-corrected chi connectivity index (χ4v) is 9.38. The van der Waals surface area contributed by atoms with Gasteiger partial charge in [0.2, 0.25) is 0 Å². The van der Waals surface area contributed by atoms with Crippen molar-refractivity contribution in [3.63, 3.8) is 0 Å². The number of hydrogen-bond acceptors (Lipinski definition) is 1. The van der Waals surface area contributed by atoms with Crippen molar-refractivity contribution in [2.45, 2.75) is 18.3 Å². The van der Waals surface area contributed by atoms with E-state index in [9.17, 15) is 0 Å². The number of para-hydroxylation sites is 1. The van der Waals surface area contributed by atoms with Crippen LogP contribution in [0.5, 0.6) is 0 Å². The monoisotopic (exact) mass is 729 g/mol. The Balaban J connectivity index is 1.12. The molecule has 8 aromatic carbocycles. The second-order valence-electron chi connectivity index (χ2n) is 15.3. The fraction of sp³-hybridized carbons (Fsp3) is 0.0714. The normalized spacial score (nSPS) is 16.3. The fourth-order valence-electron chi connectivity index (χ4n) is 9.38. The summed E-state index contributed by atoms with van der Waals surface area (Å²) in [5.41, 5.74) is 17.0. The highest BCUT2D eigenvalue weighted by Crippen LogP contribution is 2.56. The molecule has 0 heterocycles. The first kappa shape index (κ1) is 34.5. The SMILES string of the molecule is CC1C=CC(N(c2ccc(-c3ccccc3)cc2)c2ccccc2-c2ccccc2)=CC1c1ccc2c(c1)-c1ccccc1C2(c1ccccc1)c1ccccc1. The molecule has 1 nitrogen and oxygen atoms in total. The van der Waals surface area contributed by atoms with Crippen LogP contribution in [0.3, 0.4) is 0 Å². The smallest absolute Gasteiger partial charge is 0.0713 e. The molecule has 2 unspecified atom stereocenters. The Bertz CT molecular complexity index is 2690. The summed E-state index contributed by atoms with van der Waals surface area (Å²) >= 11 is 0. The molecule has 8 aromatic rings. The zero-order chi connectivity index (χ0) is 38.2. The Morgan fingerprint density at radius 3 is 1.63 bits per heavy atom. The highest BCUT2D eigenvalue weighted by atomic mass is 15.1. The lowest BCUT2D eigenvalue weighted by Crippen LogP contribution is -2.28. The first-order valence-electron chi connectivity index (χ1n) is 20.1. The van der Waals surface area contributed by atoms with E-state index in [0.29, 0.717) is 5.92 Å². The van der Waals surface area contributed by atoms with Gasteiger partial charge in [-0.2, -0.15) is 0 Å². The molecule has 0 N–H and O–H groups in total. The predicted octanol–water partition coefficient (Wildman–Crippen LogP) is 14.4. The number of benzene rings is 8. The highest BCUT2D eigenvalue weighted by Gasteiger charge is 2.46. The molecule has 0 fully saturated rings. The van der Waals surface area contributed by atoms with Gasteiger partial charge in [0.1, 0.15) is 0 Å². The van der Waals surface area contributed by atoms with Crippen molar-refractivity contribution in [3.8, 4) is 33.4 Å². The van der Waals surface area contributed by atoms with Crippen LogP contribution in [0.2, 0.25) is 0 Å². The van der Waals surface area contributed by atoms with Crippen LogP contribution in [0.15, 0.2) is 236 Å². The van der Waals surface area contributed by atoms with Crippen LogP contribution in [0.4, 0.5) is 11.4 Å². The molecule has 2 aliphatic rings. The molecule has 0 spiro atoms. The van der Waals surface area contributed by atoms with Crippen LogP contribution >= 0.6 is 0 Å². The van der Waals surface area contributed by atoms with Gasteiger partial charge in [-0.25, -0.2) is 0 Å². The summed E-state index contributed by atoms with van der Waals surface area (Å²) in [4.78, 5) is 2.45. The van der Waals surface area contributed by atoms with E-state index in [-0.39, 0.29) is 5.92 Å². The second kappa shape index (κ2) is 14.6. The summed E-state index contributed by atoms with van der Waals surface area (Å²) in [6, 6.07) is 77.7. The molecule has 0 radical (unpaired) electrons. The summed E-state index contributed by atoms with van der Waals surface area (Å²) in [6.07, 6.45) is 7.23. The van der Waals surface area contributed by atoms with Gasteiger partial charge in [0.05, 0.1) is 11.1 Å². The van der Waals surface area contributed by atoms with Gasteiger partial charge in [-0.3, -0.25) is 0 Å². The van der Waals surface area contributed by atoms with Gasteiger partial charge in [-0.05, 0) is 85.8 Å². The maximum absolute atomic E-state index is 2.50. The first-order chi connectivity index (χ1) is 28.2. The Kier molecular flexibility index (Phi) is 8.84. The maximum Gasteiger partial charge on any atom is 0.0713 e. The molecule has 2 atom stereocenters. The standard InChI is InChI=1S/C56H43N/c1-40-30-34-48(57(47-35-31-42(32-36-47)41-18-6-2-7-19-41)55-29-17-15-26-49(55)43-20-8-3-9-21-43)39-51(40)44-33-37-54-52(38-44)50-27-14-16-28-53(50)56(54,45-22-10-4-11-23-45)46-24-12-5-13-25-46/h2-40,51H,1H3. The van der Waals surface area contributed by atoms with E-state index in [2.05, 4.69) is 242 Å². The molecule has 0 aliphatic heterocycles. The average Bonchev–Trinajstić information content (AvgIpc) is 3.59. The summed E-state index contributed by atoms with van der Waals surface area (Å²) in [7, 11) is 0.